The van der Waals surface area contributed by atoms with Crippen LogP contribution in [-0.4, -0.2) is 12.0 Å². The summed E-state index contributed by atoms with van der Waals surface area (Å²) in [6.45, 7) is 3.97. The van der Waals surface area contributed by atoms with E-state index in [1.807, 2.05) is 38.1 Å². The lowest BCUT2D eigenvalue weighted by Gasteiger charge is -2.24. The highest BCUT2D eigenvalue weighted by molar-refractivity contribution is 5.93. The van der Waals surface area contributed by atoms with Gasteiger partial charge in [0, 0.05) is 17.7 Å². The van der Waals surface area contributed by atoms with Crippen LogP contribution in [0.4, 0.5) is 5.69 Å². The second-order valence-corrected chi connectivity index (χ2v) is 4.81. The average Bonchev–Trinajstić information content (AvgIpc) is 2.13. The molecule has 17 heavy (non-hydrogen) atoms. The van der Waals surface area contributed by atoms with Crippen molar-refractivity contribution in [3.05, 3.63) is 24.3 Å². The molecule has 3 nitrogen and oxygen atoms in total. The lowest BCUT2D eigenvalue weighted by atomic mass is 9.85. The summed E-state index contributed by atoms with van der Waals surface area (Å²) in [4.78, 5) is 11.8. The zero-order valence-corrected chi connectivity index (χ0v) is 10.4. The molecule has 0 radical (unpaired) electrons. The smallest absolute Gasteiger partial charge is 0.227 e. The van der Waals surface area contributed by atoms with E-state index in [-0.39, 0.29) is 17.9 Å². The van der Waals surface area contributed by atoms with Crippen LogP contribution in [0.25, 0.3) is 0 Å². The van der Waals surface area contributed by atoms with Crippen LogP contribution >= 0.6 is 0 Å². The Labute approximate surface area is 102 Å². The van der Waals surface area contributed by atoms with Gasteiger partial charge in [-0.05, 0) is 38.8 Å². The van der Waals surface area contributed by atoms with Gasteiger partial charge in [0.05, 0.1) is 6.10 Å². The Morgan fingerprint density at radius 1 is 1.41 bits per heavy atom. The summed E-state index contributed by atoms with van der Waals surface area (Å²) < 4.78 is 5.59. The van der Waals surface area contributed by atoms with Crippen molar-refractivity contribution in [2.24, 2.45) is 5.92 Å². The van der Waals surface area contributed by atoms with Gasteiger partial charge < -0.3 is 10.1 Å². The van der Waals surface area contributed by atoms with E-state index >= 15 is 0 Å². The van der Waals surface area contributed by atoms with Gasteiger partial charge in [0.1, 0.15) is 5.75 Å². The topological polar surface area (TPSA) is 38.3 Å². The van der Waals surface area contributed by atoms with Gasteiger partial charge in [0.25, 0.3) is 0 Å². The molecule has 0 spiro atoms. The van der Waals surface area contributed by atoms with Crippen LogP contribution in [0.1, 0.15) is 33.1 Å². The fourth-order valence-electron chi connectivity index (χ4n) is 1.83. The number of ether oxygens (including phenoxy) is 1. The van der Waals surface area contributed by atoms with Crippen molar-refractivity contribution in [2.45, 2.75) is 39.2 Å². The largest absolute Gasteiger partial charge is 0.491 e. The maximum absolute atomic E-state index is 11.8. The number of hydrogen-bond acceptors (Lipinski definition) is 2. The van der Waals surface area contributed by atoms with E-state index in [0.29, 0.717) is 0 Å². The molecule has 1 amide bonds. The van der Waals surface area contributed by atoms with Crippen LogP contribution in [0, 0.1) is 5.92 Å². The normalized spacial score (nSPS) is 15.5. The van der Waals surface area contributed by atoms with E-state index in [1.165, 1.54) is 6.42 Å². The van der Waals surface area contributed by atoms with Crippen molar-refractivity contribution in [1.29, 1.82) is 0 Å². The van der Waals surface area contributed by atoms with Gasteiger partial charge in [-0.25, -0.2) is 0 Å². The number of benzene rings is 1. The molecule has 0 heterocycles. The third-order valence-electron chi connectivity index (χ3n) is 2.95. The van der Waals surface area contributed by atoms with E-state index in [1.54, 1.807) is 0 Å². The fourth-order valence-corrected chi connectivity index (χ4v) is 1.83. The van der Waals surface area contributed by atoms with Crippen molar-refractivity contribution in [1.82, 2.24) is 0 Å². The zero-order chi connectivity index (χ0) is 12.3. The van der Waals surface area contributed by atoms with Gasteiger partial charge in [-0.2, -0.15) is 0 Å². The van der Waals surface area contributed by atoms with Crippen molar-refractivity contribution in [3.63, 3.8) is 0 Å². The Balaban J connectivity index is 1.97. The molecule has 1 saturated carbocycles. The Bertz CT molecular complexity index is 397. The summed E-state index contributed by atoms with van der Waals surface area (Å²) in [6, 6.07) is 7.56. The van der Waals surface area contributed by atoms with Gasteiger partial charge in [0.2, 0.25) is 5.91 Å². The predicted octanol–water partition coefficient (Wildman–Crippen LogP) is 3.21. The molecule has 0 atom stereocenters. The van der Waals surface area contributed by atoms with Crippen LogP contribution < -0.4 is 10.1 Å². The van der Waals surface area contributed by atoms with Crippen molar-refractivity contribution in [3.8, 4) is 5.75 Å². The Kier molecular flexibility index (Phi) is 3.67. The molecule has 1 aliphatic carbocycles. The summed E-state index contributed by atoms with van der Waals surface area (Å²) in [6.07, 6.45) is 3.36. The van der Waals surface area contributed by atoms with Crippen LogP contribution in [0.5, 0.6) is 5.75 Å². The maximum atomic E-state index is 11.8. The van der Waals surface area contributed by atoms with Gasteiger partial charge in [0.15, 0.2) is 0 Å². The summed E-state index contributed by atoms with van der Waals surface area (Å²) >= 11 is 0. The maximum Gasteiger partial charge on any atom is 0.227 e. The van der Waals surface area contributed by atoms with Crippen molar-refractivity contribution >= 4 is 11.6 Å². The molecule has 1 aromatic carbocycles. The lowest BCUT2D eigenvalue weighted by Crippen LogP contribution is -2.28. The first-order valence-corrected chi connectivity index (χ1v) is 6.23. The summed E-state index contributed by atoms with van der Waals surface area (Å²) in [5.74, 6) is 1.15. The highest BCUT2D eigenvalue weighted by atomic mass is 16.5. The van der Waals surface area contributed by atoms with Crippen molar-refractivity contribution in [2.75, 3.05) is 5.32 Å². The molecule has 0 aromatic heterocycles. The van der Waals surface area contributed by atoms with E-state index in [0.717, 1.165) is 24.3 Å². The van der Waals surface area contributed by atoms with Gasteiger partial charge in [-0.1, -0.05) is 12.5 Å². The number of rotatable bonds is 4. The zero-order valence-electron chi connectivity index (χ0n) is 10.4. The Morgan fingerprint density at radius 2 is 2.18 bits per heavy atom. The van der Waals surface area contributed by atoms with Gasteiger partial charge in [-0.15, -0.1) is 0 Å². The van der Waals surface area contributed by atoms with Crippen LogP contribution in [0.3, 0.4) is 0 Å². The first kappa shape index (κ1) is 12.0. The Hall–Kier alpha value is -1.51. The molecule has 0 unspecified atom stereocenters. The number of nitrogens with one attached hydrogen (secondary N) is 1. The molecule has 92 valence electrons. The highest BCUT2D eigenvalue weighted by Gasteiger charge is 2.25. The van der Waals surface area contributed by atoms with E-state index in [4.69, 9.17) is 4.74 Å². The monoisotopic (exact) mass is 233 g/mol. The van der Waals surface area contributed by atoms with Crippen LogP contribution in [0.15, 0.2) is 24.3 Å². The minimum Gasteiger partial charge on any atom is -0.491 e. The molecule has 3 heteroatoms. The fraction of sp³-hybridized carbons (Fsp3) is 0.500. The summed E-state index contributed by atoms with van der Waals surface area (Å²) in [5.41, 5.74) is 0.819. The summed E-state index contributed by atoms with van der Waals surface area (Å²) in [5, 5.41) is 2.94. The summed E-state index contributed by atoms with van der Waals surface area (Å²) in [7, 11) is 0. The first-order valence-electron chi connectivity index (χ1n) is 6.23. The van der Waals surface area contributed by atoms with Gasteiger partial charge in [-0.3, -0.25) is 4.79 Å². The third-order valence-corrected chi connectivity index (χ3v) is 2.95. The highest BCUT2D eigenvalue weighted by Crippen LogP contribution is 2.28. The number of hydrogen-bond donors (Lipinski definition) is 1. The van der Waals surface area contributed by atoms with E-state index in [9.17, 15) is 4.79 Å². The number of carbonyl (C=O) groups is 1. The van der Waals surface area contributed by atoms with E-state index in [2.05, 4.69) is 5.32 Å². The predicted molar refractivity (Wildman–Crippen MR) is 68.2 cm³/mol. The second kappa shape index (κ2) is 5.21. The number of amides is 1. The molecule has 1 fully saturated rings. The molecule has 0 bridgehead atoms. The van der Waals surface area contributed by atoms with Gasteiger partial charge >= 0.3 is 0 Å². The number of carbonyl (C=O) groups excluding carboxylic acids is 1. The number of anilines is 1. The molecule has 2 rings (SSSR count). The van der Waals surface area contributed by atoms with Crippen LogP contribution in [0.2, 0.25) is 0 Å². The minimum atomic E-state index is 0.137. The molecule has 1 N–H and O–H groups in total. The molecular formula is C14H19NO2. The van der Waals surface area contributed by atoms with Crippen LogP contribution in [-0.2, 0) is 4.79 Å². The molecular weight excluding hydrogens is 214 g/mol. The molecule has 1 aliphatic rings. The van der Waals surface area contributed by atoms with E-state index < -0.39 is 0 Å². The molecule has 1 aromatic rings. The third kappa shape index (κ3) is 3.22. The lowest BCUT2D eigenvalue weighted by molar-refractivity contribution is -0.122. The molecule has 0 saturated heterocycles. The standard InChI is InChI=1S/C14H19NO2/c1-10(2)17-13-8-4-7-12(9-13)15-14(16)11-5-3-6-11/h4,7-11H,3,5-6H2,1-2H3,(H,15,16). The average molecular weight is 233 g/mol. The Morgan fingerprint density at radius 3 is 2.76 bits per heavy atom. The second-order valence-electron chi connectivity index (χ2n) is 4.81. The molecule has 0 aliphatic heterocycles. The van der Waals surface area contributed by atoms with Crippen molar-refractivity contribution < 1.29 is 9.53 Å². The SMILES string of the molecule is CC(C)Oc1cccc(NC(=O)C2CCC2)c1. The first-order chi connectivity index (χ1) is 8.15. The minimum absolute atomic E-state index is 0.137. The quantitative estimate of drug-likeness (QED) is 0.867.